The van der Waals surface area contributed by atoms with Crippen LogP contribution < -0.4 is 10.1 Å². The molecule has 0 aliphatic rings. The Kier molecular flexibility index (Phi) is 7.56. The second kappa shape index (κ2) is 10.5. The number of hydrogen-bond donors (Lipinski definition) is 1. The van der Waals surface area contributed by atoms with Crippen LogP contribution in [0.2, 0.25) is 0 Å². The highest BCUT2D eigenvalue weighted by molar-refractivity contribution is 7.12. The van der Waals surface area contributed by atoms with Gasteiger partial charge in [-0.3, -0.25) is 9.59 Å². The fourth-order valence-corrected chi connectivity index (χ4v) is 3.47. The van der Waals surface area contributed by atoms with Gasteiger partial charge in [-0.25, -0.2) is 9.18 Å². The van der Waals surface area contributed by atoms with E-state index in [1.807, 2.05) is 0 Å². The van der Waals surface area contributed by atoms with Gasteiger partial charge in [0.25, 0.3) is 11.8 Å². The predicted octanol–water partition coefficient (Wildman–Crippen LogP) is 3.96. The zero-order valence-corrected chi connectivity index (χ0v) is 18.3. The molecule has 7 nitrogen and oxygen atoms in total. The van der Waals surface area contributed by atoms with E-state index in [0.29, 0.717) is 10.4 Å². The lowest BCUT2D eigenvalue weighted by molar-refractivity contribution is -0.133. The summed E-state index contributed by atoms with van der Waals surface area (Å²) in [7, 11) is 2.89. The van der Waals surface area contributed by atoms with Crippen molar-refractivity contribution < 1.29 is 28.2 Å². The number of hydrogen-bond acceptors (Lipinski definition) is 6. The number of carbonyl (C=O) groups is 3. The number of halogens is 1. The summed E-state index contributed by atoms with van der Waals surface area (Å²) < 4.78 is 23.9. The molecule has 1 heterocycles. The van der Waals surface area contributed by atoms with Gasteiger partial charge in [-0.1, -0.05) is 24.3 Å². The van der Waals surface area contributed by atoms with Crippen molar-refractivity contribution in [2.75, 3.05) is 26.1 Å². The van der Waals surface area contributed by atoms with Crippen LogP contribution in [0.4, 0.5) is 10.1 Å². The molecule has 9 heteroatoms. The number of methoxy groups -OCH3 is 1. The second-order valence-electron chi connectivity index (χ2n) is 6.77. The minimum Gasteiger partial charge on any atom is -0.494 e. The number of nitrogens with zero attached hydrogens (tertiary/aromatic N) is 1. The highest BCUT2D eigenvalue weighted by Crippen LogP contribution is 2.20. The summed E-state index contributed by atoms with van der Waals surface area (Å²) in [6.45, 7) is -0.369. The van der Waals surface area contributed by atoms with E-state index in [1.165, 1.54) is 48.6 Å². The number of anilines is 1. The van der Waals surface area contributed by atoms with E-state index < -0.39 is 24.3 Å². The molecule has 0 aliphatic carbocycles. The van der Waals surface area contributed by atoms with Gasteiger partial charge in [0.15, 0.2) is 18.2 Å². The van der Waals surface area contributed by atoms with Crippen molar-refractivity contribution in [3.63, 3.8) is 0 Å². The number of carbonyl (C=O) groups excluding carboxylic acids is 3. The van der Waals surface area contributed by atoms with Crippen molar-refractivity contribution in [1.82, 2.24) is 4.90 Å². The maximum absolute atomic E-state index is 13.8. The van der Waals surface area contributed by atoms with Gasteiger partial charge in [-0.15, -0.1) is 11.3 Å². The first-order valence-electron chi connectivity index (χ1n) is 9.56. The molecular weight excluding hydrogens is 435 g/mol. The number of amides is 2. The van der Waals surface area contributed by atoms with Crippen LogP contribution in [-0.4, -0.2) is 43.4 Å². The second-order valence-corrected chi connectivity index (χ2v) is 7.72. The molecule has 3 rings (SSSR count). The zero-order chi connectivity index (χ0) is 23.1. The summed E-state index contributed by atoms with van der Waals surface area (Å²) in [6.07, 6.45) is 0. The first-order valence-corrected chi connectivity index (χ1v) is 10.4. The highest BCUT2D eigenvalue weighted by Gasteiger charge is 2.18. The summed E-state index contributed by atoms with van der Waals surface area (Å²) in [5, 5.41) is 4.46. The molecule has 0 atom stereocenters. The van der Waals surface area contributed by atoms with Gasteiger partial charge in [0.2, 0.25) is 0 Å². The van der Waals surface area contributed by atoms with Gasteiger partial charge in [0.1, 0.15) is 0 Å². The average molecular weight is 456 g/mol. The van der Waals surface area contributed by atoms with Crippen molar-refractivity contribution in [3.8, 4) is 5.75 Å². The standard InChI is InChI=1S/C23H21FN2O5S/c1-26(13-15-9-10-19(30-2)17(24)12-15)21(27)14-31-23(29)16-6-3-4-7-18(16)25-22(28)20-8-5-11-32-20/h3-12H,13-14H2,1-2H3,(H,25,28). The zero-order valence-electron chi connectivity index (χ0n) is 17.5. The molecule has 0 radical (unpaired) electrons. The minimum atomic E-state index is -0.746. The van der Waals surface area contributed by atoms with Crippen LogP contribution in [0.3, 0.4) is 0 Å². The topological polar surface area (TPSA) is 84.9 Å². The van der Waals surface area contributed by atoms with Crippen LogP contribution in [0.1, 0.15) is 25.6 Å². The number of thiophene rings is 1. The van der Waals surface area contributed by atoms with Crippen LogP contribution in [0.15, 0.2) is 60.0 Å². The molecular formula is C23H21FN2O5S. The average Bonchev–Trinajstić information content (AvgIpc) is 3.33. The van der Waals surface area contributed by atoms with Gasteiger partial charge in [-0.05, 0) is 41.3 Å². The number of benzene rings is 2. The number of nitrogens with one attached hydrogen (secondary N) is 1. The Bertz CT molecular complexity index is 1120. The first kappa shape index (κ1) is 23.0. The molecule has 1 aromatic heterocycles. The molecule has 0 aliphatic heterocycles. The minimum absolute atomic E-state index is 0.112. The summed E-state index contributed by atoms with van der Waals surface area (Å²) in [5.74, 6) is -1.97. The third-order valence-electron chi connectivity index (χ3n) is 4.53. The molecule has 1 N–H and O–H groups in total. The van der Waals surface area contributed by atoms with E-state index in [9.17, 15) is 18.8 Å². The lowest BCUT2D eigenvalue weighted by atomic mass is 10.1. The van der Waals surface area contributed by atoms with Crippen molar-refractivity contribution in [3.05, 3.63) is 81.8 Å². The molecule has 0 spiro atoms. The monoisotopic (exact) mass is 456 g/mol. The molecule has 0 fully saturated rings. The van der Waals surface area contributed by atoms with Crippen LogP contribution in [0, 0.1) is 5.82 Å². The van der Waals surface area contributed by atoms with Crippen LogP contribution in [0.5, 0.6) is 5.75 Å². The van der Waals surface area contributed by atoms with E-state index in [1.54, 1.807) is 41.8 Å². The van der Waals surface area contributed by atoms with Crippen molar-refractivity contribution in [2.24, 2.45) is 0 Å². The Balaban J connectivity index is 1.58. The summed E-state index contributed by atoms with van der Waals surface area (Å²) in [5.41, 5.74) is 0.975. The summed E-state index contributed by atoms with van der Waals surface area (Å²) in [6, 6.07) is 14.2. The quantitative estimate of drug-likeness (QED) is 0.519. The Hall–Kier alpha value is -3.72. The summed E-state index contributed by atoms with van der Waals surface area (Å²) in [4.78, 5) is 39.0. The van der Waals surface area contributed by atoms with E-state index in [4.69, 9.17) is 9.47 Å². The largest absolute Gasteiger partial charge is 0.494 e. The van der Waals surface area contributed by atoms with Crippen molar-refractivity contribution >= 4 is 34.8 Å². The molecule has 2 amide bonds. The molecule has 3 aromatic rings. The third kappa shape index (κ3) is 5.70. The Morgan fingerprint density at radius 2 is 1.88 bits per heavy atom. The van der Waals surface area contributed by atoms with Crippen LogP contribution >= 0.6 is 11.3 Å². The van der Waals surface area contributed by atoms with Crippen molar-refractivity contribution in [1.29, 1.82) is 0 Å². The molecule has 2 aromatic carbocycles. The maximum atomic E-state index is 13.8. The normalized spacial score (nSPS) is 10.3. The van der Waals surface area contributed by atoms with E-state index >= 15 is 0 Å². The molecule has 0 saturated carbocycles. The lowest BCUT2D eigenvalue weighted by Crippen LogP contribution is -2.31. The fraction of sp³-hybridized carbons (Fsp3) is 0.174. The van der Waals surface area contributed by atoms with Crippen LogP contribution in [0.25, 0.3) is 0 Å². The molecule has 0 unspecified atom stereocenters. The number of rotatable bonds is 8. The van der Waals surface area contributed by atoms with E-state index in [0.717, 1.165) is 0 Å². The number of para-hydroxylation sites is 1. The predicted molar refractivity (Wildman–Crippen MR) is 118 cm³/mol. The lowest BCUT2D eigenvalue weighted by Gasteiger charge is -2.18. The van der Waals surface area contributed by atoms with E-state index in [-0.39, 0.29) is 29.5 Å². The Morgan fingerprint density at radius 1 is 1.09 bits per heavy atom. The Morgan fingerprint density at radius 3 is 2.56 bits per heavy atom. The van der Waals surface area contributed by atoms with Gasteiger partial charge < -0.3 is 19.7 Å². The van der Waals surface area contributed by atoms with Gasteiger partial charge in [-0.2, -0.15) is 0 Å². The summed E-state index contributed by atoms with van der Waals surface area (Å²) >= 11 is 1.28. The third-order valence-corrected chi connectivity index (χ3v) is 5.40. The Labute approximate surface area is 188 Å². The van der Waals surface area contributed by atoms with Gasteiger partial charge >= 0.3 is 5.97 Å². The number of ether oxygens (including phenoxy) is 2. The fourth-order valence-electron chi connectivity index (χ4n) is 2.85. The number of esters is 1. The molecule has 166 valence electrons. The highest BCUT2D eigenvalue weighted by atomic mass is 32.1. The van der Waals surface area contributed by atoms with Gasteiger partial charge in [0, 0.05) is 13.6 Å². The molecule has 0 saturated heterocycles. The van der Waals surface area contributed by atoms with E-state index in [2.05, 4.69) is 5.32 Å². The SMILES string of the molecule is COc1ccc(CN(C)C(=O)COC(=O)c2ccccc2NC(=O)c2cccs2)cc1F. The van der Waals surface area contributed by atoms with Gasteiger partial charge in [0.05, 0.1) is 23.2 Å². The molecule has 0 bridgehead atoms. The smallest absolute Gasteiger partial charge is 0.340 e. The maximum Gasteiger partial charge on any atom is 0.340 e. The number of likely N-dealkylation sites (N-methyl/N-ethyl adjacent to an activating group) is 1. The first-order chi connectivity index (χ1) is 15.4. The van der Waals surface area contributed by atoms with Crippen molar-refractivity contribution in [2.45, 2.75) is 6.54 Å². The molecule has 32 heavy (non-hydrogen) atoms. The van der Waals surface area contributed by atoms with Crippen LogP contribution in [-0.2, 0) is 16.1 Å².